The second-order valence-corrected chi connectivity index (χ2v) is 8.07. The number of sulfone groups is 1. The molecule has 0 aliphatic carbocycles. The highest BCUT2D eigenvalue weighted by Gasteiger charge is 2.30. The summed E-state index contributed by atoms with van der Waals surface area (Å²) in [6, 6.07) is 6.15. The fourth-order valence-corrected chi connectivity index (χ4v) is 3.99. The Morgan fingerprint density at radius 1 is 1.24 bits per heavy atom. The Kier molecular flexibility index (Phi) is 9.47. The standard InChI is InChI=1S/C17H28N2O4S.ClH/c1-5-17(6-2,12-18)19-16(20)13(3)11-24(21,22)15-9-7-14(23-4)8-10-15;/h7-10,13H,5-6,11-12,18H2,1-4H3,(H,19,20);1H. The van der Waals surface area contributed by atoms with E-state index in [1.807, 2.05) is 13.8 Å². The van der Waals surface area contributed by atoms with Crippen LogP contribution in [-0.2, 0) is 14.6 Å². The molecule has 0 radical (unpaired) electrons. The number of carbonyl (C=O) groups is 1. The maximum atomic E-state index is 12.5. The van der Waals surface area contributed by atoms with Crippen molar-refractivity contribution in [1.29, 1.82) is 0 Å². The van der Waals surface area contributed by atoms with E-state index in [2.05, 4.69) is 5.32 Å². The van der Waals surface area contributed by atoms with Gasteiger partial charge < -0.3 is 15.8 Å². The summed E-state index contributed by atoms with van der Waals surface area (Å²) in [6.45, 7) is 5.84. The third kappa shape index (κ3) is 6.17. The van der Waals surface area contributed by atoms with Crippen molar-refractivity contribution in [3.8, 4) is 5.75 Å². The number of halogens is 1. The molecule has 1 rings (SSSR count). The third-order valence-corrected chi connectivity index (χ3v) is 6.40. The van der Waals surface area contributed by atoms with E-state index in [0.29, 0.717) is 25.1 Å². The maximum absolute atomic E-state index is 12.5. The van der Waals surface area contributed by atoms with Gasteiger partial charge in [-0.2, -0.15) is 0 Å². The summed E-state index contributed by atoms with van der Waals surface area (Å²) in [7, 11) is -2.04. The summed E-state index contributed by atoms with van der Waals surface area (Å²) >= 11 is 0. The van der Waals surface area contributed by atoms with Crippen LogP contribution in [0.4, 0.5) is 0 Å². The van der Waals surface area contributed by atoms with Crippen molar-refractivity contribution in [2.75, 3.05) is 19.4 Å². The van der Waals surface area contributed by atoms with Gasteiger partial charge in [0.05, 0.1) is 23.3 Å². The first kappa shape index (κ1) is 23.7. The van der Waals surface area contributed by atoms with Crippen LogP contribution in [0, 0.1) is 5.92 Å². The van der Waals surface area contributed by atoms with Gasteiger partial charge in [-0.3, -0.25) is 4.79 Å². The number of hydrogen-bond donors (Lipinski definition) is 2. The molecule has 0 aliphatic heterocycles. The van der Waals surface area contributed by atoms with Crippen LogP contribution in [0.15, 0.2) is 29.2 Å². The van der Waals surface area contributed by atoms with Crippen LogP contribution < -0.4 is 15.8 Å². The van der Waals surface area contributed by atoms with Crippen LogP contribution in [0.25, 0.3) is 0 Å². The molecule has 1 atom stereocenters. The van der Waals surface area contributed by atoms with Gasteiger partial charge in [0.1, 0.15) is 5.75 Å². The predicted molar refractivity (Wildman–Crippen MR) is 102 cm³/mol. The van der Waals surface area contributed by atoms with E-state index in [-0.39, 0.29) is 29.0 Å². The second-order valence-electron chi connectivity index (χ2n) is 6.04. The summed E-state index contributed by atoms with van der Waals surface area (Å²) in [4.78, 5) is 12.6. The Labute approximate surface area is 156 Å². The zero-order valence-electron chi connectivity index (χ0n) is 15.2. The number of carbonyl (C=O) groups excluding carboxylic acids is 1. The molecule has 0 heterocycles. The number of ether oxygens (including phenoxy) is 1. The molecule has 8 heteroatoms. The number of nitrogens with one attached hydrogen (secondary N) is 1. The van der Waals surface area contributed by atoms with Crippen LogP contribution in [0.3, 0.4) is 0 Å². The van der Waals surface area contributed by atoms with Crippen molar-refractivity contribution in [2.45, 2.75) is 44.0 Å². The number of hydrogen-bond acceptors (Lipinski definition) is 5. The van der Waals surface area contributed by atoms with E-state index in [9.17, 15) is 13.2 Å². The molecule has 1 aromatic carbocycles. The van der Waals surface area contributed by atoms with Gasteiger partial charge >= 0.3 is 0 Å². The number of nitrogens with two attached hydrogens (primary N) is 1. The van der Waals surface area contributed by atoms with Crippen molar-refractivity contribution in [3.05, 3.63) is 24.3 Å². The number of methoxy groups -OCH3 is 1. The monoisotopic (exact) mass is 392 g/mol. The maximum Gasteiger partial charge on any atom is 0.224 e. The van der Waals surface area contributed by atoms with E-state index in [1.165, 1.54) is 19.2 Å². The highest BCUT2D eigenvalue weighted by Crippen LogP contribution is 2.20. The van der Waals surface area contributed by atoms with Crippen LogP contribution >= 0.6 is 12.4 Å². The molecule has 1 unspecified atom stereocenters. The molecule has 0 saturated carbocycles. The third-order valence-electron chi connectivity index (χ3n) is 4.47. The number of rotatable bonds is 9. The Bertz CT molecular complexity index is 635. The van der Waals surface area contributed by atoms with Crippen molar-refractivity contribution < 1.29 is 17.9 Å². The average Bonchev–Trinajstić information content (AvgIpc) is 2.59. The van der Waals surface area contributed by atoms with E-state index in [0.717, 1.165) is 0 Å². The first-order valence-corrected chi connectivity index (χ1v) is 9.77. The minimum Gasteiger partial charge on any atom is -0.497 e. The fourth-order valence-electron chi connectivity index (χ4n) is 2.44. The molecule has 144 valence electrons. The highest BCUT2D eigenvalue weighted by molar-refractivity contribution is 7.91. The van der Waals surface area contributed by atoms with Crippen LogP contribution in [0.2, 0.25) is 0 Å². The van der Waals surface area contributed by atoms with Crippen molar-refractivity contribution >= 4 is 28.2 Å². The first-order chi connectivity index (χ1) is 11.2. The summed E-state index contributed by atoms with van der Waals surface area (Å²) in [5.74, 6) is -0.625. The lowest BCUT2D eigenvalue weighted by Gasteiger charge is -2.32. The molecular formula is C17H29ClN2O4S. The zero-order valence-corrected chi connectivity index (χ0v) is 16.9. The SMILES string of the molecule is CCC(CC)(CN)NC(=O)C(C)CS(=O)(=O)c1ccc(OC)cc1.Cl. The van der Waals surface area contributed by atoms with Crippen molar-refractivity contribution in [3.63, 3.8) is 0 Å². The zero-order chi connectivity index (χ0) is 18.4. The molecule has 0 bridgehead atoms. The molecule has 25 heavy (non-hydrogen) atoms. The lowest BCUT2D eigenvalue weighted by Crippen LogP contribution is -2.54. The summed E-state index contributed by atoms with van der Waals surface area (Å²) < 4.78 is 30.0. The predicted octanol–water partition coefficient (Wildman–Crippen LogP) is 2.16. The lowest BCUT2D eigenvalue weighted by atomic mass is 9.92. The molecule has 6 nitrogen and oxygen atoms in total. The van der Waals surface area contributed by atoms with Crippen molar-refractivity contribution in [1.82, 2.24) is 5.32 Å². The van der Waals surface area contributed by atoms with Gasteiger partial charge in [-0.25, -0.2) is 8.42 Å². The van der Waals surface area contributed by atoms with Gasteiger partial charge in [-0.05, 0) is 37.1 Å². The minimum absolute atomic E-state index is 0. The Morgan fingerprint density at radius 2 is 1.76 bits per heavy atom. The molecule has 1 aromatic rings. The highest BCUT2D eigenvalue weighted by atomic mass is 35.5. The molecule has 0 aromatic heterocycles. The van der Waals surface area contributed by atoms with Gasteiger partial charge in [-0.1, -0.05) is 20.8 Å². The molecule has 1 amide bonds. The van der Waals surface area contributed by atoms with E-state index >= 15 is 0 Å². The van der Waals surface area contributed by atoms with Crippen LogP contribution in [0.5, 0.6) is 5.75 Å². The van der Waals surface area contributed by atoms with Gasteiger partial charge in [0, 0.05) is 12.5 Å². The molecule has 3 N–H and O–H groups in total. The number of amides is 1. The van der Waals surface area contributed by atoms with E-state index in [4.69, 9.17) is 10.5 Å². The van der Waals surface area contributed by atoms with Crippen LogP contribution in [-0.4, -0.2) is 39.3 Å². The summed E-state index contributed by atoms with van der Waals surface area (Å²) in [5.41, 5.74) is 5.30. The van der Waals surface area contributed by atoms with Crippen LogP contribution in [0.1, 0.15) is 33.6 Å². The van der Waals surface area contributed by atoms with Gasteiger partial charge in [0.15, 0.2) is 9.84 Å². The van der Waals surface area contributed by atoms with Gasteiger partial charge in [0.2, 0.25) is 5.91 Å². The Hall–Kier alpha value is -1.31. The minimum atomic E-state index is -3.55. The quantitative estimate of drug-likeness (QED) is 0.670. The summed E-state index contributed by atoms with van der Waals surface area (Å²) in [6.07, 6.45) is 1.40. The molecule has 0 fully saturated rings. The molecular weight excluding hydrogens is 364 g/mol. The Morgan fingerprint density at radius 3 is 2.16 bits per heavy atom. The second kappa shape index (κ2) is 9.99. The summed E-state index contributed by atoms with van der Waals surface area (Å²) in [5, 5.41) is 2.92. The Balaban J connectivity index is 0.00000576. The molecule has 0 aliphatic rings. The number of benzene rings is 1. The van der Waals surface area contributed by atoms with Gasteiger partial charge in [-0.15, -0.1) is 12.4 Å². The topological polar surface area (TPSA) is 98.5 Å². The van der Waals surface area contributed by atoms with Crippen molar-refractivity contribution in [2.24, 2.45) is 11.7 Å². The smallest absolute Gasteiger partial charge is 0.224 e. The normalized spacial score (nSPS) is 12.8. The fraction of sp³-hybridized carbons (Fsp3) is 0.588. The molecule has 0 spiro atoms. The van der Waals surface area contributed by atoms with Gasteiger partial charge in [0.25, 0.3) is 0 Å². The first-order valence-electron chi connectivity index (χ1n) is 8.12. The largest absolute Gasteiger partial charge is 0.497 e. The van der Waals surface area contributed by atoms with E-state index in [1.54, 1.807) is 19.1 Å². The molecule has 0 saturated heterocycles. The van der Waals surface area contributed by atoms with E-state index < -0.39 is 21.3 Å². The lowest BCUT2D eigenvalue weighted by molar-refractivity contribution is -0.125. The average molecular weight is 393 g/mol.